The highest BCUT2D eigenvalue weighted by atomic mass is 19.2. The van der Waals surface area contributed by atoms with Crippen molar-refractivity contribution in [1.29, 1.82) is 0 Å². The van der Waals surface area contributed by atoms with Crippen LogP contribution in [0.25, 0.3) is 95.0 Å². The number of halogens is 2. The zero-order valence-electron chi connectivity index (χ0n) is 32.4. The van der Waals surface area contributed by atoms with Gasteiger partial charge in [0.05, 0.1) is 16.7 Å². The lowest BCUT2D eigenvalue weighted by Gasteiger charge is -2.17. The summed E-state index contributed by atoms with van der Waals surface area (Å²) in [6.07, 6.45) is 0. The van der Waals surface area contributed by atoms with E-state index >= 15 is 4.39 Å². The van der Waals surface area contributed by atoms with E-state index in [0.29, 0.717) is 28.6 Å². The van der Waals surface area contributed by atoms with Crippen LogP contribution >= 0.6 is 0 Å². The summed E-state index contributed by atoms with van der Waals surface area (Å²) in [5, 5.41) is 2.15. The number of hydrogen-bond acceptors (Lipinski definition) is 3. The van der Waals surface area contributed by atoms with Crippen molar-refractivity contribution in [2.75, 3.05) is 0 Å². The third kappa shape index (κ3) is 6.45. The van der Waals surface area contributed by atoms with Crippen molar-refractivity contribution >= 4 is 21.8 Å². The fourth-order valence-corrected chi connectivity index (χ4v) is 8.14. The smallest absolute Gasteiger partial charge is 0.166 e. The molecule has 0 bridgehead atoms. The molecule has 4 nitrogen and oxygen atoms in total. The normalized spacial score (nSPS) is 11.4. The van der Waals surface area contributed by atoms with E-state index in [-0.39, 0.29) is 5.56 Å². The second kappa shape index (κ2) is 14.7. The standard InChI is InChI=1S/C53H36F2N4/c1-33-14-9-11-20-40(33)38-24-27-43-44-28-25-39(41-21-12-10-15-34(41)2)32-49(44)59(48(43)31-38)47-29-26-37(42-22-13-23-46(54)50(42)55)30-45(47)53-57-51(35-16-5-3-6-17-35)56-52(58-53)36-18-7-4-8-19-36/h3-32H,1-2H3. The van der Waals surface area contributed by atoms with E-state index in [1.807, 2.05) is 78.9 Å². The molecule has 0 radical (unpaired) electrons. The predicted octanol–water partition coefficient (Wildman–Crippen LogP) is 13.9. The first-order valence-electron chi connectivity index (χ1n) is 19.6. The molecule has 10 rings (SSSR count). The van der Waals surface area contributed by atoms with Crippen molar-refractivity contribution < 1.29 is 8.78 Å². The van der Waals surface area contributed by atoms with E-state index in [0.717, 1.165) is 66.9 Å². The van der Waals surface area contributed by atoms with Crippen LogP contribution in [0.5, 0.6) is 0 Å². The lowest BCUT2D eigenvalue weighted by atomic mass is 9.98. The van der Waals surface area contributed by atoms with Gasteiger partial charge in [0.15, 0.2) is 29.1 Å². The second-order valence-electron chi connectivity index (χ2n) is 14.8. The van der Waals surface area contributed by atoms with Crippen LogP contribution in [0.3, 0.4) is 0 Å². The van der Waals surface area contributed by atoms with E-state index in [2.05, 4.69) is 103 Å². The van der Waals surface area contributed by atoms with Gasteiger partial charge in [-0.15, -0.1) is 0 Å². The van der Waals surface area contributed by atoms with Gasteiger partial charge in [0.25, 0.3) is 0 Å². The molecule has 2 heterocycles. The molecule has 0 saturated heterocycles. The summed E-state index contributed by atoms with van der Waals surface area (Å²) >= 11 is 0. The van der Waals surface area contributed by atoms with E-state index < -0.39 is 11.6 Å². The Balaban J connectivity index is 1.32. The maximum Gasteiger partial charge on any atom is 0.166 e. The third-order valence-electron chi connectivity index (χ3n) is 11.1. The number of nitrogens with zero attached hydrogens (tertiary/aromatic N) is 4. The third-order valence-corrected chi connectivity index (χ3v) is 11.1. The van der Waals surface area contributed by atoms with Gasteiger partial charge >= 0.3 is 0 Å². The van der Waals surface area contributed by atoms with Gasteiger partial charge in [-0.05, 0) is 83.1 Å². The van der Waals surface area contributed by atoms with Gasteiger partial charge in [0.1, 0.15) is 0 Å². The molecule has 10 aromatic rings. The average Bonchev–Trinajstić information content (AvgIpc) is 3.60. The molecule has 0 fully saturated rings. The molecule has 0 atom stereocenters. The predicted molar refractivity (Wildman–Crippen MR) is 236 cm³/mol. The van der Waals surface area contributed by atoms with Crippen molar-refractivity contribution in [3.63, 3.8) is 0 Å². The largest absolute Gasteiger partial charge is 0.308 e. The molecule has 59 heavy (non-hydrogen) atoms. The van der Waals surface area contributed by atoms with Crippen LogP contribution in [-0.2, 0) is 0 Å². The minimum atomic E-state index is -0.917. The van der Waals surface area contributed by atoms with Crippen LogP contribution in [0.4, 0.5) is 8.78 Å². The lowest BCUT2D eigenvalue weighted by molar-refractivity contribution is 0.511. The van der Waals surface area contributed by atoms with Crippen LogP contribution in [0, 0.1) is 25.5 Å². The molecule has 282 valence electrons. The zero-order chi connectivity index (χ0) is 40.0. The molecule has 0 unspecified atom stereocenters. The molecular formula is C53H36F2N4. The summed E-state index contributed by atoms with van der Waals surface area (Å²) in [4.78, 5) is 15.3. The Kier molecular flexibility index (Phi) is 8.95. The van der Waals surface area contributed by atoms with Gasteiger partial charge in [0.2, 0.25) is 0 Å². The van der Waals surface area contributed by atoms with Crippen molar-refractivity contribution in [3.05, 3.63) is 205 Å². The van der Waals surface area contributed by atoms with Crippen LogP contribution in [0.2, 0.25) is 0 Å². The minimum Gasteiger partial charge on any atom is -0.308 e. The van der Waals surface area contributed by atoms with Crippen molar-refractivity contribution in [2.45, 2.75) is 13.8 Å². The number of aromatic nitrogens is 4. The molecule has 0 aliphatic heterocycles. The van der Waals surface area contributed by atoms with E-state index in [1.165, 1.54) is 17.2 Å². The summed E-state index contributed by atoms with van der Waals surface area (Å²) in [5.74, 6) is -0.450. The first kappa shape index (κ1) is 35.8. The number of rotatable bonds is 7. The molecule has 0 N–H and O–H groups in total. The van der Waals surface area contributed by atoms with Crippen molar-refractivity contribution in [3.8, 4) is 73.2 Å². The van der Waals surface area contributed by atoms with Gasteiger partial charge in [-0.3, -0.25) is 0 Å². The van der Waals surface area contributed by atoms with Crippen LogP contribution in [-0.4, -0.2) is 19.5 Å². The summed E-state index contributed by atoms with van der Waals surface area (Å²) in [7, 11) is 0. The maximum absolute atomic E-state index is 15.6. The van der Waals surface area contributed by atoms with E-state index in [9.17, 15) is 4.39 Å². The van der Waals surface area contributed by atoms with Crippen LogP contribution in [0.1, 0.15) is 11.1 Å². The van der Waals surface area contributed by atoms with Crippen molar-refractivity contribution in [2.24, 2.45) is 0 Å². The Morgan fingerprint density at radius 1 is 0.373 bits per heavy atom. The van der Waals surface area contributed by atoms with E-state index in [1.54, 1.807) is 6.07 Å². The fourth-order valence-electron chi connectivity index (χ4n) is 8.14. The van der Waals surface area contributed by atoms with Crippen LogP contribution < -0.4 is 0 Å². The summed E-state index contributed by atoms with van der Waals surface area (Å²) in [6, 6.07) is 59.6. The average molecular weight is 767 g/mol. The summed E-state index contributed by atoms with van der Waals surface area (Å²) < 4.78 is 32.7. The Hall–Kier alpha value is -7.57. The zero-order valence-corrected chi connectivity index (χ0v) is 32.4. The highest BCUT2D eigenvalue weighted by Gasteiger charge is 2.22. The highest BCUT2D eigenvalue weighted by molar-refractivity contribution is 6.11. The first-order chi connectivity index (χ1) is 28.9. The van der Waals surface area contributed by atoms with E-state index in [4.69, 9.17) is 15.0 Å². The molecule has 0 amide bonds. The molecule has 0 aliphatic carbocycles. The Morgan fingerprint density at radius 3 is 1.37 bits per heavy atom. The molecule has 8 aromatic carbocycles. The highest BCUT2D eigenvalue weighted by Crippen LogP contribution is 2.41. The molecule has 2 aromatic heterocycles. The Bertz CT molecular complexity index is 3050. The molecule has 0 spiro atoms. The number of fused-ring (bicyclic) bond motifs is 3. The number of hydrogen-bond donors (Lipinski definition) is 0. The lowest BCUT2D eigenvalue weighted by Crippen LogP contribution is -2.04. The van der Waals surface area contributed by atoms with Gasteiger partial charge < -0.3 is 4.57 Å². The number of benzene rings is 8. The molecule has 6 heteroatoms. The molecule has 0 aliphatic rings. The summed E-state index contributed by atoms with van der Waals surface area (Å²) in [5.41, 5.74) is 12.4. The van der Waals surface area contributed by atoms with Gasteiger partial charge in [-0.1, -0.05) is 152 Å². The Labute approximate surface area is 340 Å². The van der Waals surface area contributed by atoms with Gasteiger partial charge in [0, 0.05) is 33.0 Å². The number of aryl methyl sites for hydroxylation is 2. The van der Waals surface area contributed by atoms with Gasteiger partial charge in [-0.2, -0.15) is 0 Å². The summed E-state index contributed by atoms with van der Waals surface area (Å²) in [6.45, 7) is 4.25. The fraction of sp³-hybridized carbons (Fsp3) is 0.0377. The molecular weight excluding hydrogens is 731 g/mol. The van der Waals surface area contributed by atoms with Crippen molar-refractivity contribution in [1.82, 2.24) is 19.5 Å². The monoisotopic (exact) mass is 766 g/mol. The minimum absolute atomic E-state index is 0.143. The maximum atomic E-state index is 15.6. The topological polar surface area (TPSA) is 43.6 Å². The SMILES string of the molecule is Cc1ccccc1-c1ccc2c3ccc(-c4ccccc4C)cc3n(-c3ccc(-c4cccc(F)c4F)cc3-c3nc(-c4ccccc4)nc(-c4ccccc4)n3)c2c1. The van der Waals surface area contributed by atoms with Crippen LogP contribution in [0.15, 0.2) is 182 Å². The first-order valence-corrected chi connectivity index (χ1v) is 19.6. The quantitative estimate of drug-likeness (QED) is 0.162. The molecule has 0 saturated carbocycles. The van der Waals surface area contributed by atoms with Gasteiger partial charge in [-0.25, -0.2) is 23.7 Å². The Morgan fingerprint density at radius 2 is 0.831 bits per heavy atom. The second-order valence-corrected chi connectivity index (χ2v) is 14.8.